The van der Waals surface area contributed by atoms with E-state index in [4.69, 9.17) is 9.47 Å². The second kappa shape index (κ2) is 7.40. The number of aromatic nitrogens is 2. The Labute approximate surface area is 135 Å². The predicted octanol–water partition coefficient (Wildman–Crippen LogP) is 3.94. The lowest BCUT2D eigenvalue weighted by molar-refractivity contribution is 0.269. The van der Waals surface area contributed by atoms with E-state index >= 15 is 0 Å². The molecule has 116 valence electrons. The third-order valence-electron chi connectivity index (χ3n) is 3.43. The summed E-state index contributed by atoms with van der Waals surface area (Å²) in [4.78, 5) is 8.39. The maximum Gasteiger partial charge on any atom is 0.223 e. The number of benzene rings is 2. The first-order valence-corrected chi connectivity index (χ1v) is 7.48. The number of ether oxygens (including phenoxy) is 2. The number of hydrogen-bond acceptors (Lipinski definition) is 4. The lowest BCUT2D eigenvalue weighted by Crippen LogP contribution is -2.04. The highest BCUT2D eigenvalue weighted by Crippen LogP contribution is 2.23. The average molecular weight is 306 g/mol. The zero-order valence-electron chi connectivity index (χ0n) is 13.0. The predicted molar refractivity (Wildman–Crippen MR) is 88.3 cm³/mol. The molecule has 0 spiro atoms. The molecule has 3 rings (SSSR count). The zero-order valence-corrected chi connectivity index (χ0v) is 13.0. The maximum absolute atomic E-state index is 5.78. The molecule has 3 aromatic rings. The van der Waals surface area contributed by atoms with Gasteiger partial charge in [0.15, 0.2) is 0 Å². The molecule has 0 saturated heterocycles. The van der Waals surface area contributed by atoms with Gasteiger partial charge in [0, 0.05) is 0 Å². The minimum absolute atomic E-state index is 0.469. The van der Waals surface area contributed by atoms with Gasteiger partial charge in [-0.05, 0) is 18.1 Å². The lowest BCUT2D eigenvalue weighted by Gasteiger charge is -2.11. The van der Waals surface area contributed by atoms with Gasteiger partial charge in [0.25, 0.3) is 0 Å². The molecule has 4 heteroatoms. The maximum atomic E-state index is 5.78. The Hall–Kier alpha value is -2.88. The Kier molecular flexibility index (Phi) is 4.84. The summed E-state index contributed by atoms with van der Waals surface area (Å²) in [6, 6.07) is 20.0. The van der Waals surface area contributed by atoms with Crippen LogP contribution >= 0.6 is 0 Å². The smallest absolute Gasteiger partial charge is 0.223 e. The summed E-state index contributed by atoms with van der Waals surface area (Å²) < 4.78 is 11.6. The standard InChI is InChI=1S/C19H18N2O2/c1-15-18(22-12-16-8-4-2-5-9-16)20-14-21-19(15)23-13-17-10-6-3-7-11-17/h2-11,14H,12-13H2,1H3. The molecule has 23 heavy (non-hydrogen) atoms. The topological polar surface area (TPSA) is 44.2 Å². The van der Waals surface area contributed by atoms with Gasteiger partial charge in [0.2, 0.25) is 11.8 Å². The molecule has 0 saturated carbocycles. The van der Waals surface area contributed by atoms with Crippen molar-refractivity contribution in [2.24, 2.45) is 0 Å². The molecule has 1 heterocycles. The van der Waals surface area contributed by atoms with E-state index in [-0.39, 0.29) is 0 Å². The summed E-state index contributed by atoms with van der Waals surface area (Å²) in [5.74, 6) is 1.10. The molecule has 0 N–H and O–H groups in total. The normalized spacial score (nSPS) is 10.3. The van der Waals surface area contributed by atoms with Crippen LogP contribution in [-0.2, 0) is 13.2 Å². The van der Waals surface area contributed by atoms with E-state index in [1.807, 2.05) is 67.6 Å². The third kappa shape index (κ3) is 4.07. The number of nitrogens with zero attached hydrogens (tertiary/aromatic N) is 2. The van der Waals surface area contributed by atoms with Crippen LogP contribution in [0.4, 0.5) is 0 Å². The van der Waals surface area contributed by atoms with E-state index in [1.54, 1.807) is 0 Å². The minimum atomic E-state index is 0.469. The van der Waals surface area contributed by atoms with Crippen molar-refractivity contribution in [3.05, 3.63) is 83.7 Å². The van der Waals surface area contributed by atoms with Crippen LogP contribution in [0.2, 0.25) is 0 Å². The highest BCUT2D eigenvalue weighted by molar-refractivity contribution is 5.33. The molecule has 4 nitrogen and oxygen atoms in total. The van der Waals surface area contributed by atoms with E-state index in [1.165, 1.54) is 6.33 Å². The summed E-state index contributed by atoms with van der Waals surface area (Å²) in [6.45, 7) is 2.84. The average Bonchev–Trinajstić information content (AvgIpc) is 2.61. The fourth-order valence-corrected chi connectivity index (χ4v) is 2.16. The first kappa shape index (κ1) is 15.0. The van der Waals surface area contributed by atoms with Crippen molar-refractivity contribution >= 4 is 0 Å². The Morgan fingerprint density at radius 1 is 0.696 bits per heavy atom. The molecular formula is C19H18N2O2. The largest absolute Gasteiger partial charge is 0.472 e. The third-order valence-corrected chi connectivity index (χ3v) is 3.43. The van der Waals surface area contributed by atoms with Gasteiger partial charge in [-0.15, -0.1) is 0 Å². The number of hydrogen-bond donors (Lipinski definition) is 0. The van der Waals surface area contributed by atoms with E-state index in [0.717, 1.165) is 16.7 Å². The summed E-state index contributed by atoms with van der Waals surface area (Å²) in [5, 5.41) is 0. The van der Waals surface area contributed by atoms with Crippen LogP contribution in [0.3, 0.4) is 0 Å². The second-order valence-corrected chi connectivity index (χ2v) is 5.16. The molecule has 0 amide bonds. The van der Waals surface area contributed by atoms with Crippen LogP contribution in [0.15, 0.2) is 67.0 Å². The fourth-order valence-electron chi connectivity index (χ4n) is 2.16. The van der Waals surface area contributed by atoms with Crippen LogP contribution in [0.5, 0.6) is 11.8 Å². The monoisotopic (exact) mass is 306 g/mol. The molecule has 0 bridgehead atoms. The van der Waals surface area contributed by atoms with Crippen molar-refractivity contribution in [3.8, 4) is 11.8 Å². The molecule has 0 atom stereocenters. The molecule has 1 aromatic heterocycles. The molecular weight excluding hydrogens is 288 g/mol. The molecule has 2 aromatic carbocycles. The first-order chi connectivity index (χ1) is 11.3. The molecule has 0 aliphatic heterocycles. The van der Waals surface area contributed by atoms with Gasteiger partial charge in [0.05, 0.1) is 5.56 Å². The first-order valence-electron chi connectivity index (χ1n) is 7.48. The Bertz CT molecular complexity index is 684. The quantitative estimate of drug-likeness (QED) is 0.692. The van der Waals surface area contributed by atoms with Crippen molar-refractivity contribution in [1.29, 1.82) is 0 Å². The summed E-state index contributed by atoms with van der Waals surface area (Å²) >= 11 is 0. The van der Waals surface area contributed by atoms with Crippen molar-refractivity contribution in [2.75, 3.05) is 0 Å². The van der Waals surface area contributed by atoms with Crippen molar-refractivity contribution in [1.82, 2.24) is 9.97 Å². The Morgan fingerprint density at radius 2 is 1.13 bits per heavy atom. The van der Waals surface area contributed by atoms with E-state index in [2.05, 4.69) is 9.97 Å². The zero-order chi connectivity index (χ0) is 15.9. The van der Waals surface area contributed by atoms with Crippen LogP contribution in [0.1, 0.15) is 16.7 Å². The lowest BCUT2D eigenvalue weighted by atomic mass is 10.2. The highest BCUT2D eigenvalue weighted by atomic mass is 16.5. The van der Waals surface area contributed by atoms with E-state index in [0.29, 0.717) is 25.0 Å². The number of rotatable bonds is 6. The molecule has 0 aliphatic rings. The summed E-state index contributed by atoms with van der Waals surface area (Å²) in [7, 11) is 0. The van der Waals surface area contributed by atoms with Crippen LogP contribution in [-0.4, -0.2) is 9.97 Å². The summed E-state index contributed by atoms with van der Waals surface area (Å²) in [5.41, 5.74) is 2.99. The molecule has 0 fully saturated rings. The van der Waals surface area contributed by atoms with Crippen molar-refractivity contribution in [2.45, 2.75) is 20.1 Å². The summed E-state index contributed by atoms with van der Waals surface area (Å²) in [6.07, 6.45) is 1.47. The van der Waals surface area contributed by atoms with Gasteiger partial charge < -0.3 is 9.47 Å². The van der Waals surface area contributed by atoms with Gasteiger partial charge in [-0.3, -0.25) is 0 Å². The molecule has 0 aliphatic carbocycles. The van der Waals surface area contributed by atoms with E-state index < -0.39 is 0 Å². The Morgan fingerprint density at radius 3 is 1.57 bits per heavy atom. The highest BCUT2D eigenvalue weighted by Gasteiger charge is 2.10. The molecule has 0 unspecified atom stereocenters. The van der Waals surface area contributed by atoms with Crippen LogP contribution < -0.4 is 9.47 Å². The SMILES string of the molecule is Cc1c(OCc2ccccc2)ncnc1OCc1ccccc1. The Balaban J connectivity index is 1.66. The van der Waals surface area contributed by atoms with Crippen LogP contribution in [0.25, 0.3) is 0 Å². The molecule has 0 radical (unpaired) electrons. The van der Waals surface area contributed by atoms with Crippen molar-refractivity contribution < 1.29 is 9.47 Å². The van der Waals surface area contributed by atoms with Gasteiger partial charge in [-0.1, -0.05) is 60.7 Å². The fraction of sp³-hybridized carbons (Fsp3) is 0.158. The van der Waals surface area contributed by atoms with Gasteiger partial charge in [-0.25, -0.2) is 9.97 Å². The minimum Gasteiger partial charge on any atom is -0.472 e. The van der Waals surface area contributed by atoms with Gasteiger partial charge >= 0.3 is 0 Å². The van der Waals surface area contributed by atoms with E-state index in [9.17, 15) is 0 Å². The van der Waals surface area contributed by atoms with Crippen LogP contribution in [0, 0.1) is 6.92 Å². The van der Waals surface area contributed by atoms with Gasteiger partial charge in [-0.2, -0.15) is 0 Å². The van der Waals surface area contributed by atoms with Gasteiger partial charge in [0.1, 0.15) is 19.5 Å². The van der Waals surface area contributed by atoms with Crippen molar-refractivity contribution in [3.63, 3.8) is 0 Å². The second-order valence-electron chi connectivity index (χ2n) is 5.16.